The van der Waals surface area contributed by atoms with Crippen molar-refractivity contribution in [3.8, 4) is 28.1 Å². The number of rotatable bonds is 4. The van der Waals surface area contributed by atoms with Crippen LogP contribution in [0.25, 0.3) is 44.1 Å². The Kier molecular flexibility index (Phi) is 9.45. The molecule has 2 aliphatic carbocycles. The molecule has 0 saturated heterocycles. The van der Waals surface area contributed by atoms with E-state index in [1.54, 1.807) is 0 Å². The molecular formula is C49H50N3OPt-. The molecule has 5 heteroatoms. The number of aliphatic imine (C=N–C) groups is 1. The largest absolute Gasteiger partial charge is 0.507 e. The minimum atomic E-state index is -0.413. The Labute approximate surface area is 334 Å². The van der Waals surface area contributed by atoms with Gasteiger partial charge in [-0.2, -0.15) is 0 Å². The van der Waals surface area contributed by atoms with Crippen LogP contribution in [-0.2, 0) is 31.9 Å². The summed E-state index contributed by atoms with van der Waals surface area (Å²) in [7, 11) is 0. The fraction of sp³-hybridized carbons (Fsp3) is 0.367. The van der Waals surface area contributed by atoms with Gasteiger partial charge in [-0.05, 0) is 113 Å². The van der Waals surface area contributed by atoms with Gasteiger partial charge in [-0.1, -0.05) is 107 Å². The van der Waals surface area contributed by atoms with Gasteiger partial charge in [0.25, 0.3) is 0 Å². The molecule has 4 aromatic carbocycles. The molecule has 2 fully saturated rings. The van der Waals surface area contributed by atoms with Crippen LogP contribution in [0.15, 0.2) is 96.2 Å². The first-order chi connectivity index (χ1) is 25.5. The molecule has 2 aromatic heterocycles. The van der Waals surface area contributed by atoms with Crippen molar-refractivity contribution >= 4 is 33.1 Å². The van der Waals surface area contributed by atoms with Crippen LogP contribution in [-0.4, -0.2) is 20.8 Å². The Morgan fingerprint density at radius 3 is 2.26 bits per heavy atom. The van der Waals surface area contributed by atoms with Crippen LogP contribution in [0, 0.1) is 11.5 Å². The van der Waals surface area contributed by atoms with Gasteiger partial charge in [0.05, 0.1) is 5.71 Å². The van der Waals surface area contributed by atoms with E-state index >= 15 is 0 Å². The molecule has 3 aliphatic rings. The van der Waals surface area contributed by atoms with E-state index in [0.29, 0.717) is 11.3 Å². The van der Waals surface area contributed by atoms with Crippen molar-refractivity contribution in [1.82, 2.24) is 9.97 Å². The molecule has 0 atom stereocenters. The first-order valence-corrected chi connectivity index (χ1v) is 19.8. The van der Waals surface area contributed by atoms with E-state index in [-0.39, 0.29) is 32.2 Å². The van der Waals surface area contributed by atoms with Crippen LogP contribution < -0.4 is 0 Å². The van der Waals surface area contributed by atoms with Gasteiger partial charge in [0.1, 0.15) is 5.75 Å². The molecular weight excluding hydrogens is 842 g/mol. The summed E-state index contributed by atoms with van der Waals surface area (Å²) in [5.41, 5.74) is 11.5. The van der Waals surface area contributed by atoms with Crippen LogP contribution in [0.5, 0.6) is 5.75 Å². The average Bonchev–Trinajstić information content (AvgIpc) is 3.44. The number of aromatic hydroxyl groups is 1. The SMILES string of the molecule is CC(C)(C)c1ccc(C2=Nc3c(ccc4ncc5ccc(-c6cc(-c7ccc(C8CCC9(CCCCC9)CC8)cc7)ccn6)[c-]c5c34)C2(C)C)c(O)c1.[Pt]. The number of benzene rings is 4. The molecule has 4 nitrogen and oxygen atoms in total. The Morgan fingerprint density at radius 2 is 1.54 bits per heavy atom. The molecule has 54 heavy (non-hydrogen) atoms. The van der Waals surface area contributed by atoms with Gasteiger partial charge < -0.3 is 5.11 Å². The predicted octanol–water partition coefficient (Wildman–Crippen LogP) is 12.9. The fourth-order valence-electron chi connectivity index (χ4n) is 9.71. The van der Waals surface area contributed by atoms with Crippen molar-refractivity contribution < 1.29 is 26.2 Å². The summed E-state index contributed by atoms with van der Waals surface area (Å²) in [6, 6.07) is 31.9. The molecule has 0 amide bonds. The van der Waals surface area contributed by atoms with Crippen molar-refractivity contribution in [3.63, 3.8) is 0 Å². The molecule has 0 radical (unpaired) electrons. The second-order valence-corrected chi connectivity index (χ2v) is 17.8. The minimum Gasteiger partial charge on any atom is -0.507 e. The Balaban J connectivity index is 0.00000413. The molecule has 0 unspecified atom stereocenters. The van der Waals surface area contributed by atoms with Gasteiger partial charge in [0.15, 0.2) is 0 Å². The van der Waals surface area contributed by atoms with Crippen molar-refractivity contribution in [3.05, 3.63) is 120 Å². The summed E-state index contributed by atoms with van der Waals surface area (Å²) in [6.07, 6.45) is 16.6. The number of phenols is 1. The molecule has 0 bridgehead atoms. The molecule has 1 spiro atoms. The third kappa shape index (κ3) is 6.43. The van der Waals surface area contributed by atoms with E-state index in [1.165, 1.54) is 68.9 Å². The fourth-order valence-corrected chi connectivity index (χ4v) is 9.71. The number of nitrogens with zero attached hydrogens (tertiary/aromatic N) is 3. The normalized spacial score (nSPS) is 18.1. The zero-order valence-electron chi connectivity index (χ0n) is 32.2. The van der Waals surface area contributed by atoms with Crippen LogP contribution in [0.3, 0.4) is 0 Å². The number of phenolic OH excluding ortho intramolecular Hbond substituents is 1. The first kappa shape index (κ1) is 36.8. The monoisotopic (exact) mass is 891 g/mol. The van der Waals surface area contributed by atoms with Crippen molar-refractivity contribution in [2.75, 3.05) is 0 Å². The van der Waals surface area contributed by atoms with Crippen molar-refractivity contribution in [2.24, 2.45) is 10.4 Å². The zero-order valence-corrected chi connectivity index (χ0v) is 34.5. The van der Waals surface area contributed by atoms with Gasteiger partial charge in [-0.3, -0.25) is 15.0 Å². The molecule has 9 rings (SSSR count). The van der Waals surface area contributed by atoms with Crippen molar-refractivity contribution in [1.29, 1.82) is 0 Å². The second kappa shape index (κ2) is 13.9. The Morgan fingerprint density at radius 1 is 0.778 bits per heavy atom. The standard InChI is InChI=1S/C49H50N3O.Pt/c1-47(2,3)37-15-16-38(43(53)29-37)46-48(4,5)40-17-18-41-44(45(40)52-46)39-27-35(13-14-36(39)30-51-41)42-28-34(21-26-50-42)32-11-9-31(10-12-32)33-19-24-49(25-20-33)22-7-6-8-23-49;/h9-18,21,26,28-30,33,53H,6-8,19-20,22-25H2,1-5H3;/q-1;. The van der Waals surface area contributed by atoms with E-state index in [1.807, 2.05) is 24.5 Å². The zero-order chi connectivity index (χ0) is 36.5. The number of hydrogen-bond donors (Lipinski definition) is 1. The maximum absolute atomic E-state index is 11.3. The second-order valence-electron chi connectivity index (χ2n) is 17.8. The van der Waals surface area contributed by atoms with E-state index in [2.05, 4.69) is 107 Å². The predicted molar refractivity (Wildman–Crippen MR) is 220 cm³/mol. The van der Waals surface area contributed by atoms with E-state index < -0.39 is 5.41 Å². The summed E-state index contributed by atoms with van der Waals surface area (Å²) in [5.74, 6) is 0.952. The summed E-state index contributed by atoms with van der Waals surface area (Å²) < 4.78 is 0. The van der Waals surface area contributed by atoms with E-state index in [0.717, 1.165) is 66.6 Å². The van der Waals surface area contributed by atoms with Gasteiger partial charge in [-0.15, -0.1) is 23.6 Å². The maximum Gasteiger partial charge on any atom is 0.124 e. The minimum absolute atomic E-state index is 0. The number of aromatic nitrogens is 2. The first-order valence-electron chi connectivity index (χ1n) is 19.8. The Bertz CT molecular complexity index is 2400. The molecule has 1 N–H and O–H groups in total. The topological polar surface area (TPSA) is 58.4 Å². The Hall–Kier alpha value is -4.14. The van der Waals surface area contributed by atoms with Crippen LogP contribution in [0.4, 0.5) is 5.69 Å². The van der Waals surface area contributed by atoms with Crippen molar-refractivity contribution in [2.45, 2.75) is 109 Å². The van der Waals surface area contributed by atoms with Gasteiger partial charge in [-0.25, -0.2) is 0 Å². The molecule has 2 saturated carbocycles. The third-order valence-corrected chi connectivity index (χ3v) is 13.0. The summed E-state index contributed by atoms with van der Waals surface area (Å²) >= 11 is 0. The number of pyridine rings is 2. The van der Waals surface area contributed by atoms with E-state index in [9.17, 15) is 5.11 Å². The summed E-state index contributed by atoms with van der Waals surface area (Å²) in [4.78, 5) is 15.0. The van der Waals surface area contributed by atoms with Crippen LogP contribution >= 0.6 is 0 Å². The third-order valence-electron chi connectivity index (χ3n) is 13.0. The van der Waals surface area contributed by atoms with Gasteiger partial charge >= 0.3 is 0 Å². The molecule has 278 valence electrons. The maximum atomic E-state index is 11.3. The van der Waals surface area contributed by atoms with Gasteiger partial charge in [0, 0.05) is 61.3 Å². The van der Waals surface area contributed by atoms with E-state index in [4.69, 9.17) is 15.0 Å². The number of hydrogen-bond acceptors (Lipinski definition) is 4. The molecule has 6 aromatic rings. The smallest absolute Gasteiger partial charge is 0.124 e. The number of fused-ring (bicyclic) bond motifs is 5. The average molecular weight is 892 g/mol. The quantitative estimate of drug-likeness (QED) is 0.142. The van der Waals surface area contributed by atoms with Crippen LogP contribution in [0.1, 0.15) is 121 Å². The molecule has 1 aliphatic heterocycles. The summed E-state index contributed by atoms with van der Waals surface area (Å²) in [5, 5.41) is 14.3. The van der Waals surface area contributed by atoms with Crippen LogP contribution in [0.2, 0.25) is 0 Å². The molecule has 3 heterocycles. The summed E-state index contributed by atoms with van der Waals surface area (Å²) in [6.45, 7) is 10.9. The van der Waals surface area contributed by atoms with Gasteiger partial charge in [0.2, 0.25) is 0 Å².